The van der Waals surface area contributed by atoms with Crippen molar-refractivity contribution in [2.75, 3.05) is 11.3 Å². The van der Waals surface area contributed by atoms with E-state index >= 15 is 0 Å². The summed E-state index contributed by atoms with van der Waals surface area (Å²) in [6, 6.07) is 5.29. The maximum absolute atomic E-state index is 11.9. The highest BCUT2D eigenvalue weighted by Gasteiger charge is 2.29. The third kappa shape index (κ3) is 5.57. The zero-order valence-corrected chi connectivity index (χ0v) is 10.3. The quantitative estimate of drug-likeness (QED) is 0.476. The minimum atomic E-state index is -4.63. The Labute approximate surface area is 107 Å². The van der Waals surface area contributed by atoms with Crippen LogP contribution in [0.3, 0.4) is 0 Å². The summed E-state index contributed by atoms with van der Waals surface area (Å²) in [5.41, 5.74) is 5.62. The molecule has 0 bridgehead atoms. The molecule has 0 spiro atoms. The van der Waals surface area contributed by atoms with Crippen LogP contribution in [0.25, 0.3) is 0 Å². The molecule has 0 aliphatic carbocycles. The maximum atomic E-state index is 11.9. The summed E-state index contributed by atoms with van der Waals surface area (Å²) in [7, 11) is -4.31. The van der Waals surface area contributed by atoms with E-state index in [0.29, 0.717) is 5.56 Å². The molecule has 0 aliphatic heterocycles. The summed E-state index contributed by atoms with van der Waals surface area (Å²) in [5, 5.41) is 7.12. The number of benzene rings is 1. The molecule has 1 aromatic carbocycles. The number of alkyl halides is 3. The zero-order chi connectivity index (χ0) is 14.7. The van der Waals surface area contributed by atoms with Crippen molar-refractivity contribution in [1.82, 2.24) is 4.72 Å². The van der Waals surface area contributed by atoms with Gasteiger partial charge in [-0.25, -0.2) is 0 Å². The molecule has 5 N–H and O–H groups in total. The van der Waals surface area contributed by atoms with Gasteiger partial charge in [-0.1, -0.05) is 0 Å². The lowest BCUT2D eigenvalue weighted by Gasteiger charge is -2.11. The van der Waals surface area contributed by atoms with Crippen LogP contribution in [0.5, 0.6) is 0 Å². The minimum absolute atomic E-state index is 0.0553. The molecule has 19 heavy (non-hydrogen) atoms. The second kappa shape index (κ2) is 5.45. The molecule has 0 amide bonds. The zero-order valence-electron chi connectivity index (χ0n) is 9.45. The standard InChI is InChI=1S/C9H11F3N4O2S/c10-9(11,12)5-15-19(17,18)16-7-3-1-6(2-4-7)8(13)14/h1-4,15-16H,5H2,(H3,13,14). The van der Waals surface area contributed by atoms with Gasteiger partial charge in [-0.3, -0.25) is 10.1 Å². The van der Waals surface area contributed by atoms with Gasteiger partial charge in [0, 0.05) is 11.3 Å². The van der Waals surface area contributed by atoms with Crippen molar-refractivity contribution in [2.45, 2.75) is 6.18 Å². The number of amidine groups is 1. The molecule has 0 aliphatic rings. The highest BCUT2D eigenvalue weighted by Crippen LogP contribution is 2.14. The lowest BCUT2D eigenvalue weighted by molar-refractivity contribution is -0.121. The summed E-state index contributed by atoms with van der Waals surface area (Å²) >= 11 is 0. The van der Waals surface area contributed by atoms with Crippen LogP contribution in [0.4, 0.5) is 18.9 Å². The molecule has 0 aromatic heterocycles. The molecule has 0 fully saturated rings. The van der Waals surface area contributed by atoms with Crippen LogP contribution in [0.1, 0.15) is 5.56 Å². The van der Waals surface area contributed by atoms with Crippen molar-refractivity contribution in [3.05, 3.63) is 29.8 Å². The molecule has 1 rings (SSSR count). The highest BCUT2D eigenvalue weighted by atomic mass is 32.2. The molecule has 0 saturated carbocycles. The van der Waals surface area contributed by atoms with E-state index in [1.807, 2.05) is 4.72 Å². The van der Waals surface area contributed by atoms with Crippen molar-refractivity contribution < 1.29 is 21.6 Å². The molecular formula is C9H11F3N4O2S. The molecular weight excluding hydrogens is 285 g/mol. The Bertz CT molecular complexity index is 554. The second-order valence-electron chi connectivity index (χ2n) is 3.53. The summed E-state index contributed by atoms with van der Waals surface area (Å²) in [6.07, 6.45) is -4.63. The van der Waals surface area contributed by atoms with E-state index in [1.165, 1.54) is 29.0 Å². The van der Waals surface area contributed by atoms with E-state index in [-0.39, 0.29) is 11.5 Å². The maximum Gasteiger partial charge on any atom is 0.402 e. The number of hydrogen-bond acceptors (Lipinski definition) is 3. The number of rotatable bonds is 5. The number of nitrogens with one attached hydrogen (secondary N) is 3. The van der Waals surface area contributed by atoms with Crippen LogP contribution in [-0.4, -0.2) is 27.0 Å². The number of halogens is 3. The van der Waals surface area contributed by atoms with Crippen molar-refractivity contribution in [1.29, 1.82) is 5.41 Å². The van der Waals surface area contributed by atoms with E-state index in [9.17, 15) is 21.6 Å². The molecule has 10 heteroatoms. The van der Waals surface area contributed by atoms with Gasteiger partial charge < -0.3 is 5.73 Å². The van der Waals surface area contributed by atoms with E-state index in [2.05, 4.69) is 0 Å². The predicted octanol–water partition coefficient (Wildman–Crippen LogP) is 0.779. The molecule has 1 aromatic rings. The molecule has 6 nitrogen and oxygen atoms in total. The SMILES string of the molecule is N=C(N)c1ccc(NS(=O)(=O)NCC(F)(F)F)cc1. The molecule has 0 radical (unpaired) electrons. The van der Waals surface area contributed by atoms with E-state index in [4.69, 9.17) is 11.1 Å². The third-order valence-corrected chi connectivity index (χ3v) is 2.94. The van der Waals surface area contributed by atoms with E-state index < -0.39 is 22.9 Å². The van der Waals surface area contributed by atoms with Gasteiger partial charge in [0.15, 0.2) is 0 Å². The average molecular weight is 296 g/mol. The topological polar surface area (TPSA) is 108 Å². The van der Waals surface area contributed by atoms with Gasteiger partial charge in [-0.2, -0.15) is 26.3 Å². The monoisotopic (exact) mass is 296 g/mol. The number of nitrogens with two attached hydrogens (primary N) is 1. The first-order chi connectivity index (χ1) is 8.59. The van der Waals surface area contributed by atoms with E-state index in [1.54, 1.807) is 0 Å². The van der Waals surface area contributed by atoms with E-state index in [0.717, 1.165) is 0 Å². The lowest BCUT2D eigenvalue weighted by atomic mass is 10.2. The van der Waals surface area contributed by atoms with Gasteiger partial charge in [0.05, 0.1) is 0 Å². The summed E-state index contributed by atoms with van der Waals surface area (Å²) in [5.74, 6) is -0.204. The fourth-order valence-electron chi connectivity index (χ4n) is 1.09. The Hall–Kier alpha value is -1.81. The first-order valence-corrected chi connectivity index (χ1v) is 6.36. The molecule has 0 atom stereocenters. The van der Waals surface area contributed by atoms with Crippen molar-refractivity contribution >= 4 is 21.7 Å². The molecule has 0 saturated heterocycles. The first-order valence-electron chi connectivity index (χ1n) is 4.88. The Morgan fingerprint density at radius 3 is 2.21 bits per heavy atom. The predicted molar refractivity (Wildman–Crippen MR) is 64.1 cm³/mol. The molecule has 106 valence electrons. The van der Waals surface area contributed by atoms with Crippen molar-refractivity contribution in [3.8, 4) is 0 Å². The number of hydrogen-bond donors (Lipinski definition) is 4. The number of anilines is 1. The Kier molecular flexibility index (Phi) is 4.37. The third-order valence-electron chi connectivity index (χ3n) is 1.91. The first kappa shape index (κ1) is 15.2. The molecule has 0 unspecified atom stereocenters. The Morgan fingerprint density at radius 1 is 1.26 bits per heavy atom. The summed E-state index contributed by atoms with van der Waals surface area (Å²) < 4.78 is 61.4. The smallest absolute Gasteiger partial charge is 0.384 e. The van der Waals surface area contributed by atoms with Crippen LogP contribution in [0.2, 0.25) is 0 Å². The van der Waals surface area contributed by atoms with Gasteiger partial charge in [-0.05, 0) is 24.3 Å². The van der Waals surface area contributed by atoms with Crippen molar-refractivity contribution in [3.63, 3.8) is 0 Å². The van der Waals surface area contributed by atoms with Gasteiger partial charge in [0.2, 0.25) is 0 Å². The minimum Gasteiger partial charge on any atom is -0.384 e. The second-order valence-corrected chi connectivity index (χ2v) is 5.03. The van der Waals surface area contributed by atoms with Gasteiger partial charge in [0.25, 0.3) is 10.2 Å². The Morgan fingerprint density at radius 2 is 1.79 bits per heavy atom. The Balaban J connectivity index is 2.70. The average Bonchev–Trinajstić information content (AvgIpc) is 2.26. The van der Waals surface area contributed by atoms with Crippen molar-refractivity contribution in [2.24, 2.45) is 5.73 Å². The van der Waals surface area contributed by atoms with Crippen LogP contribution < -0.4 is 15.2 Å². The van der Waals surface area contributed by atoms with Crippen LogP contribution in [-0.2, 0) is 10.2 Å². The van der Waals surface area contributed by atoms with Gasteiger partial charge in [-0.15, -0.1) is 0 Å². The fraction of sp³-hybridized carbons (Fsp3) is 0.222. The lowest BCUT2D eigenvalue weighted by Crippen LogP contribution is -2.37. The highest BCUT2D eigenvalue weighted by molar-refractivity contribution is 7.90. The van der Waals surface area contributed by atoms with Gasteiger partial charge in [0.1, 0.15) is 12.4 Å². The normalized spacial score (nSPS) is 12.2. The van der Waals surface area contributed by atoms with Crippen LogP contribution in [0, 0.1) is 5.41 Å². The van der Waals surface area contributed by atoms with Crippen LogP contribution in [0.15, 0.2) is 24.3 Å². The molecule has 0 heterocycles. The summed E-state index contributed by atoms with van der Waals surface area (Å²) in [4.78, 5) is 0. The number of nitrogen functional groups attached to an aromatic ring is 1. The largest absolute Gasteiger partial charge is 0.402 e. The summed E-state index contributed by atoms with van der Waals surface area (Å²) in [6.45, 7) is -1.66. The fourth-order valence-corrected chi connectivity index (χ4v) is 1.96. The van der Waals surface area contributed by atoms with Crippen LogP contribution >= 0.6 is 0 Å². The van der Waals surface area contributed by atoms with Gasteiger partial charge >= 0.3 is 6.18 Å².